The molecule has 104 valence electrons. The molecule has 0 saturated heterocycles. The van der Waals surface area contributed by atoms with Crippen LogP contribution < -0.4 is 5.32 Å². The van der Waals surface area contributed by atoms with Crippen molar-refractivity contribution in [3.05, 3.63) is 59.7 Å². The highest BCUT2D eigenvalue weighted by Crippen LogP contribution is 2.44. The van der Waals surface area contributed by atoms with Gasteiger partial charge in [-0.1, -0.05) is 42.5 Å². The molecule has 2 N–H and O–H groups in total. The van der Waals surface area contributed by atoms with Crippen LogP contribution in [0.1, 0.15) is 36.6 Å². The van der Waals surface area contributed by atoms with E-state index in [1.54, 1.807) is 6.07 Å². The van der Waals surface area contributed by atoms with Gasteiger partial charge in [0.05, 0.1) is 17.8 Å². The molecule has 1 aliphatic heterocycles. The highest BCUT2D eigenvalue weighted by Gasteiger charge is 2.29. The number of anilines is 1. The lowest BCUT2D eigenvalue weighted by atomic mass is 9.91. The first-order valence-electron chi connectivity index (χ1n) is 7.04. The second-order valence-corrected chi connectivity index (χ2v) is 5.03. The van der Waals surface area contributed by atoms with E-state index in [1.807, 2.05) is 37.3 Å². The number of ether oxygens (including phenoxy) is 1. The first-order chi connectivity index (χ1) is 9.79. The molecule has 0 bridgehead atoms. The van der Waals surface area contributed by atoms with Gasteiger partial charge in [-0.25, -0.2) is 0 Å². The SMILES string of the molecule is CCO[C@H]1C[C@@H](c2ccccc2)Nc2c(O)cccc21. The number of para-hydroxylation sites is 1. The highest BCUT2D eigenvalue weighted by molar-refractivity contribution is 5.64. The Bertz CT molecular complexity index is 583. The van der Waals surface area contributed by atoms with Gasteiger partial charge < -0.3 is 15.2 Å². The third kappa shape index (κ3) is 2.37. The number of hydrogen-bond acceptors (Lipinski definition) is 3. The quantitative estimate of drug-likeness (QED) is 0.827. The Labute approximate surface area is 119 Å². The average molecular weight is 269 g/mol. The van der Waals surface area contributed by atoms with E-state index in [0.717, 1.165) is 17.7 Å². The largest absolute Gasteiger partial charge is 0.506 e. The number of fused-ring (bicyclic) bond motifs is 1. The van der Waals surface area contributed by atoms with Crippen LogP contribution in [0, 0.1) is 0 Å². The van der Waals surface area contributed by atoms with Gasteiger partial charge in [0.1, 0.15) is 5.75 Å². The third-order valence-electron chi connectivity index (χ3n) is 3.76. The van der Waals surface area contributed by atoms with E-state index in [4.69, 9.17) is 4.74 Å². The summed E-state index contributed by atoms with van der Waals surface area (Å²) in [5.41, 5.74) is 3.05. The summed E-state index contributed by atoms with van der Waals surface area (Å²) in [5.74, 6) is 0.285. The van der Waals surface area contributed by atoms with Crippen molar-refractivity contribution in [3.63, 3.8) is 0 Å². The van der Waals surface area contributed by atoms with Crippen molar-refractivity contribution in [3.8, 4) is 5.75 Å². The molecular formula is C17H19NO2. The lowest BCUT2D eigenvalue weighted by Crippen LogP contribution is -2.23. The molecule has 0 aliphatic carbocycles. The summed E-state index contributed by atoms with van der Waals surface area (Å²) in [4.78, 5) is 0. The molecule has 2 aromatic rings. The molecule has 0 saturated carbocycles. The zero-order chi connectivity index (χ0) is 13.9. The lowest BCUT2D eigenvalue weighted by molar-refractivity contribution is 0.0497. The average Bonchev–Trinajstić information content (AvgIpc) is 2.49. The Hall–Kier alpha value is -2.00. The summed E-state index contributed by atoms with van der Waals surface area (Å²) >= 11 is 0. The second-order valence-electron chi connectivity index (χ2n) is 5.03. The van der Waals surface area contributed by atoms with E-state index in [2.05, 4.69) is 17.4 Å². The van der Waals surface area contributed by atoms with Crippen LogP contribution in [0.5, 0.6) is 5.75 Å². The van der Waals surface area contributed by atoms with Gasteiger partial charge in [-0.3, -0.25) is 0 Å². The van der Waals surface area contributed by atoms with Crippen LogP contribution >= 0.6 is 0 Å². The van der Waals surface area contributed by atoms with Gasteiger partial charge >= 0.3 is 0 Å². The third-order valence-corrected chi connectivity index (χ3v) is 3.76. The number of hydrogen-bond donors (Lipinski definition) is 2. The molecule has 0 spiro atoms. The fourth-order valence-corrected chi connectivity index (χ4v) is 2.82. The first-order valence-corrected chi connectivity index (χ1v) is 7.04. The second kappa shape index (κ2) is 5.55. The molecule has 3 nitrogen and oxygen atoms in total. The molecule has 3 heteroatoms. The lowest BCUT2D eigenvalue weighted by Gasteiger charge is -2.33. The number of rotatable bonds is 3. The summed E-state index contributed by atoms with van der Waals surface area (Å²) in [6.07, 6.45) is 0.891. The molecule has 1 heterocycles. The zero-order valence-electron chi connectivity index (χ0n) is 11.5. The number of benzene rings is 2. The van der Waals surface area contributed by atoms with Crippen LogP contribution in [-0.4, -0.2) is 11.7 Å². The molecule has 0 radical (unpaired) electrons. The minimum absolute atomic E-state index is 0.0218. The molecule has 20 heavy (non-hydrogen) atoms. The summed E-state index contributed by atoms with van der Waals surface area (Å²) in [6, 6.07) is 16.0. The fraction of sp³-hybridized carbons (Fsp3) is 0.294. The van der Waals surface area contributed by atoms with Crippen molar-refractivity contribution in [1.82, 2.24) is 0 Å². The van der Waals surface area contributed by atoms with E-state index < -0.39 is 0 Å². The van der Waals surface area contributed by atoms with Gasteiger partial charge in [-0.2, -0.15) is 0 Å². The van der Waals surface area contributed by atoms with E-state index in [-0.39, 0.29) is 17.9 Å². The standard InChI is InChI=1S/C17H19NO2/c1-2-20-16-11-14(12-7-4-3-5-8-12)18-17-13(16)9-6-10-15(17)19/h3-10,14,16,18-19H,2,11H2,1H3/t14-,16-/m0/s1. The maximum absolute atomic E-state index is 10.1. The van der Waals surface area contributed by atoms with Crippen LogP contribution in [0.25, 0.3) is 0 Å². The predicted octanol–water partition coefficient (Wildman–Crippen LogP) is 4.03. The Morgan fingerprint density at radius 2 is 1.95 bits per heavy atom. The van der Waals surface area contributed by atoms with E-state index in [0.29, 0.717) is 6.61 Å². The molecule has 0 aromatic heterocycles. The highest BCUT2D eigenvalue weighted by atomic mass is 16.5. The van der Waals surface area contributed by atoms with Gasteiger partial charge in [-0.05, 0) is 18.6 Å². The van der Waals surface area contributed by atoms with Gasteiger partial charge in [-0.15, -0.1) is 0 Å². The molecule has 0 unspecified atom stereocenters. The number of aromatic hydroxyl groups is 1. The van der Waals surface area contributed by atoms with Gasteiger partial charge in [0.15, 0.2) is 0 Å². The zero-order valence-corrected chi connectivity index (χ0v) is 11.5. The minimum Gasteiger partial charge on any atom is -0.506 e. The van der Waals surface area contributed by atoms with Crippen LogP contribution in [0.4, 0.5) is 5.69 Å². The minimum atomic E-state index is 0.0218. The van der Waals surface area contributed by atoms with Crippen molar-refractivity contribution in [2.24, 2.45) is 0 Å². The van der Waals surface area contributed by atoms with Crippen molar-refractivity contribution >= 4 is 5.69 Å². The maximum Gasteiger partial charge on any atom is 0.139 e. The molecule has 2 atom stereocenters. The van der Waals surface area contributed by atoms with Crippen LogP contribution in [0.3, 0.4) is 0 Å². The Kier molecular flexibility index (Phi) is 3.61. The Balaban J connectivity index is 1.98. The monoisotopic (exact) mass is 269 g/mol. The number of nitrogens with one attached hydrogen (secondary N) is 1. The van der Waals surface area contributed by atoms with Crippen LogP contribution in [-0.2, 0) is 4.74 Å². The van der Waals surface area contributed by atoms with E-state index in [1.165, 1.54) is 5.56 Å². The van der Waals surface area contributed by atoms with E-state index >= 15 is 0 Å². The van der Waals surface area contributed by atoms with Crippen molar-refractivity contribution < 1.29 is 9.84 Å². The molecule has 0 fully saturated rings. The molecule has 0 amide bonds. The summed E-state index contributed by atoms with van der Waals surface area (Å²) in [5, 5.41) is 13.5. The fourth-order valence-electron chi connectivity index (χ4n) is 2.82. The topological polar surface area (TPSA) is 41.5 Å². The molecule has 2 aromatic carbocycles. The molecule has 3 rings (SSSR count). The van der Waals surface area contributed by atoms with Crippen LogP contribution in [0.15, 0.2) is 48.5 Å². The van der Waals surface area contributed by atoms with Gasteiger partial charge in [0.2, 0.25) is 0 Å². The van der Waals surface area contributed by atoms with Crippen molar-refractivity contribution in [2.75, 3.05) is 11.9 Å². The van der Waals surface area contributed by atoms with Crippen molar-refractivity contribution in [2.45, 2.75) is 25.5 Å². The van der Waals surface area contributed by atoms with Crippen molar-refractivity contribution in [1.29, 1.82) is 0 Å². The van der Waals surface area contributed by atoms with Gasteiger partial charge in [0, 0.05) is 18.6 Å². The number of phenolic OH excluding ortho intramolecular Hbond substituents is 1. The summed E-state index contributed by atoms with van der Waals surface area (Å²) < 4.78 is 5.86. The molecule has 1 aliphatic rings. The summed E-state index contributed by atoms with van der Waals surface area (Å²) in [7, 11) is 0. The molecular weight excluding hydrogens is 250 g/mol. The van der Waals surface area contributed by atoms with E-state index in [9.17, 15) is 5.11 Å². The summed E-state index contributed by atoms with van der Waals surface area (Å²) in [6.45, 7) is 2.67. The Morgan fingerprint density at radius 1 is 1.15 bits per heavy atom. The number of phenols is 1. The van der Waals surface area contributed by atoms with Crippen LogP contribution in [0.2, 0.25) is 0 Å². The predicted molar refractivity (Wildman–Crippen MR) is 79.9 cm³/mol. The Morgan fingerprint density at radius 3 is 2.70 bits per heavy atom. The van der Waals surface area contributed by atoms with Gasteiger partial charge in [0.25, 0.3) is 0 Å². The maximum atomic E-state index is 10.1. The normalized spacial score (nSPS) is 21.1. The smallest absolute Gasteiger partial charge is 0.139 e. The first kappa shape index (κ1) is 13.0.